The maximum absolute atomic E-state index is 11.5. The maximum atomic E-state index is 11.5. The first-order chi connectivity index (χ1) is 8.29. The first-order valence-corrected chi connectivity index (χ1v) is 6.97. The highest BCUT2D eigenvalue weighted by atomic mass is 16.6. The number of hydrogen-bond donors (Lipinski definition) is 2. The van der Waals surface area contributed by atoms with Gasteiger partial charge in [0.25, 0.3) is 0 Å². The number of piperidine rings is 1. The quantitative estimate of drug-likeness (QED) is 0.815. The van der Waals surface area contributed by atoms with Crippen LogP contribution in [0.2, 0.25) is 0 Å². The standard InChI is InChI=1S/C14H28N2O2/c1-10-8-15-9-11(2)12(10)6-7-16-13(17)18-14(3,4)5/h10-12,15H,6-9H2,1-5H3,(H,16,17). The van der Waals surface area contributed by atoms with Crippen molar-refractivity contribution in [1.82, 2.24) is 10.6 Å². The minimum absolute atomic E-state index is 0.309. The molecule has 1 aliphatic rings. The Balaban J connectivity index is 2.26. The summed E-state index contributed by atoms with van der Waals surface area (Å²) in [4.78, 5) is 11.5. The van der Waals surface area contributed by atoms with Crippen molar-refractivity contribution in [1.29, 1.82) is 0 Å². The average molecular weight is 256 g/mol. The van der Waals surface area contributed by atoms with E-state index in [1.807, 2.05) is 20.8 Å². The van der Waals surface area contributed by atoms with Gasteiger partial charge in [0, 0.05) is 6.54 Å². The Bertz CT molecular complexity index is 263. The van der Waals surface area contributed by atoms with Gasteiger partial charge >= 0.3 is 6.09 Å². The van der Waals surface area contributed by atoms with E-state index in [9.17, 15) is 4.79 Å². The van der Waals surface area contributed by atoms with E-state index in [1.165, 1.54) is 0 Å². The third-order valence-corrected chi connectivity index (χ3v) is 3.54. The topological polar surface area (TPSA) is 50.4 Å². The Hall–Kier alpha value is -0.770. The fraction of sp³-hybridized carbons (Fsp3) is 0.929. The van der Waals surface area contributed by atoms with Crippen molar-refractivity contribution < 1.29 is 9.53 Å². The molecule has 0 spiro atoms. The molecular weight excluding hydrogens is 228 g/mol. The third kappa shape index (κ3) is 5.25. The SMILES string of the molecule is CC1CNCC(C)C1CCNC(=O)OC(C)(C)C. The van der Waals surface area contributed by atoms with Crippen LogP contribution in [0.25, 0.3) is 0 Å². The summed E-state index contributed by atoms with van der Waals surface area (Å²) in [6.45, 7) is 13.1. The monoisotopic (exact) mass is 256 g/mol. The Morgan fingerprint density at radius 2 is 1.83 bits per heavy atom. The fourth-order valence-corrected chi connectivity index (χ4v) is 2.63. The van der Waals surface area contributed by atoms with Gasteiger partial charge in [-0.15, -0.1) is 0 Å². The minimum Gasteiger partial charge on any atom is -0.444 e. The van der Waals surface area contributed by atoms with Crippen molar-refractivity contribution in [3.05, 3.63) is 0 Å². The zero-order valence-electron chi connectivity index (χ0n) is 12.4. The van der Waals surface area contributed by atoms with Crippen molar-refractivity contribution in [3.8, 4) is 0 Å². The lowest BCUT2D eigenvalue weighted by Crippen LogP contribution is -2.42. The number of amides is 1. The molecule has 1 aliphatic heterocycles. The van der Waals surface area contributed by atoms with Gasteiger partial charge in [0.05, 0.1) is 0 Å². The predicted octanol–water partition coefficient (Wildman–Crippen LogP) is 2.39. The summed E-state index contributed by atoms with van der Waals surface area (Å²) < 4.78 is 5.22. The first-order valence-electron chi connectivity index (χ1n) is 6.97. The lowest BCUT2D eigenvalue weighted by atomic mass is 9.78. The summed E-state index contributed by atoms with van der Waals surface area (Å²) >= 11 is 0. The van der Waals surface area contributed by atoms with Gasteiger partial charge in [-0.3, -0.25) is 0 Å². The molecule has 0 aromatic carbocycles. The largest absolute Gasteiger partial charge is 0.444 e. The van der Waals surface area contributed by atoms with Crippen molar-refractivity contribution in [2.24, 2.45) is 17.8 Å². The number of nitrogens with one attached hydrogen (secondary N) is 2. The van der Waals surface area contributed by atoms with E-state index in [0.29, 0.717) is 24.3 Å². The van der Waals surface area contributed by atoms with Crippen LogP contribution in [0.4, 0.5) is 4.79 Å². The molecule has 0 radical (unpaired) electrons. The van der Waals surface area contributed by atoms with Crippen molar-refractivity contribution >= 4 is 6.09 Å². The van der Waals surface area contributed by atoms with Gasteiger partial charge in [-0.2, -0.15) is 0 Å². The first kappa shape index (κ1) is 15.3. The molecule has 1 rings (SSSR count). The summed E-state index contributed by atoms with van der Waals surface area (Å²) in [5.74, 6) is 2.03. The molecule has 1 heterocycles. The van der Waals surface area contributed by atoms with Crippen LogP contribution in [-0.2, 0) is 4.74 Å². The predicted molar refractivity (Wildman–Crippen MR) is 73.5 cm³/mol. The normalized spacial score (nSPS) is 28.8. The molecule has 0 aromatic rings. The third-order valence-electron chi connectivity index (χ3n) is 3.54. The summed E-state index contributed by atoms with van der Waals surface area (Å²) in [6, 6.07) is 0. The van der Waals surface area contributed by atoms with Crippen LogP contribution in [0.15, 0.2) is 0 Å². The van der Waals surface area contributed by atoms with E-state index in [4.69, 9.17) is 4.74 Å². The number of alkyl carbamates (subject to hydrolysis) is 1. The molecule has 0 bridgehead atoms. The molecule has 4 heteroatoms. The molecule has 0 saturated carbocycles. The van der Waals surface area contributed by atoms with Crippen LogP contribution in [0, 0.1) is 17.8 Å². The molecule has 1 fully saturated rings. The second kappa shape index (κ2) is 6.41. The van der Waals surface area contributed by atoms with Gasteiger partial charge in [-0.05, 0) is 58.0 Å². The van der Waals surface area contributed by atoms with E-state index in [0.717, 1.165) is 19.5 Å². The summed E-state index contributed by atoms with van der Waals surface area (Å²) in [7, 11) is 0. The van der Waals surface area contributed by atoms with Gasteiger partial charge in [0.15, 0.2) is 0 Å². The molecule has 2 atom stereocenters. The molecular formula is C14H28N2O2. The Morgan fingerprint density at radius 3 is 2.33 bits per heavy atom. The van der Waals surface area contributed by atoms with Crippen LogP contribution >= 0.6 is 0 Å². The van der Waals surface area contributed by atoms with E-state index < -0.39 is 5.60 Å². The van der Waals surface area contributed by atoms with Crippen molar-refractivity contribution in [2.45, 2.75) is 46.6 Å². The van der Waals surface area contributed by atoms with E-state index in [1.54, 1.807) is 0 Å². The van der Waals surface area contributed by atoms with E-state index in [-0.39, 0.29) is 6.09 Å². The van der Waals surface area contributed by atoms with Gasteiger partial charge in [-0.25, -0.2) is 4.79 Å². The zero-order chi connectivity index (χ0) is 13.8. The zero-order valence-corrected chi connectivity index (χ0v) is 12.4. The Labute approximate surface area is 111 Å². The van der Waals surface area contributed by atoms with Crippen LogP contribution < -0.4 is 10.6 Å². The van der Waals surface area contributed by atoms with Gasteiger partial charge in [0.1, 0.15) is 5.60 Å². The number of carbonyl (C=O) groups is 1. The highest BCUT2D eigenvalue weighted by Gasteiger charge is 2.27. The van der Waals surface area contributed by atoms with Gasteiger partial charge < -0.3 is 15.4 Å². The number of carbonyl (C=O) groups excluding carboxylic acids is 1. The Morgan fingerprint density at radius 1 is 1.28 bits per heavy atom. The van der Waals surface area contributed by atoms with Crippen LogP contribution in [0.1, 0.15) is 41.0 Å². The minimum atomic E-state index is -0.417. The lowest BCUT2D eigenvalue weighted by Gasteiger charge is -2.35. The number of ether oxygens (including phenoxy) is 1. The van der Waals surface area contributed by atoms with Gasteiger partial charge in [-0.1, -0.05) is 13.8 Å². The van der Waals surface area contributed by atoms with Crippen molar-refractivity contribution in [3.63, 3.8) is 0 Å². The molecule has 18 heavy (non-hydrogen) atoms. The summed E-state index contributed by atoms with van der Waals surface area (Å²) in [6.07, 6.45) is 0.722. The molecule has 1 saturated heterocycles. The highest BCUT2D eigenvalue weighted by molar-refractivity contribution is 5.67. The average Bonchev–Trinajstić information content (AvgIpc) is 2.19. The molecule has 1 amide bonds. The number of rotatable bonds is 3. The second-order valence-corrected chi connectivity index (χ2v) is 6.49. The second-order valence-electron chi connectivity index (χ2n) is 6.49. The molecule has 106 valence electrons. The van der Waals surface area contributed by atoms with Gasteiger partial charge in [0.2, 0.25) is 0 Å². The highest BCUT2D eigenvalue weighted by Crippen LogP contribution is 2.26. The molecule has 2 unspecified atom stereocenters. The molecule has 0 aromatic heterocycles. The van der Waals surface area contributed by atoms with Crippen molar-refractivity contribution in [2.75, 3.05) is 19.6 Å². The maximum Gasteiger partial charge on any atom is 0.407 e. The van der Waals surface area contributed by atoms with Crippen LogP contribution in [0.3, 0.4) is 0 Å². The fourth-order valence-electron chi connectivity index (χ4n) is 2.63. The smallest absolute Gasteiger partial charge is 0.407 e. The van der Waals surface area contributed by atoms with Crippen LogP contribution in [0.5, 0.6) is 0 Å². The van der Waals surface area contributed by atoms with E-state index in [2.05, 4.69) is 24.5 Å². The summed E-state index contributed by atoms with van der Waals surface area (Å²) in [5.41, 5.74) is -0.417. The van der Waals surface area contributed by atoms with E-state index >= 15 is 0 Å². The van der Waals surface area contributed by atoms with Crippen LogP contribution in [-0.4, -0.2) is 31.3 Å². The molecule has 0 aliphatic carbocycles. The molecule has 2 N–H and O–H groups in total. The summed E-state index contributed by atoms with van der Waals surface area (Å²) in [5, 5.41) is 6.28. The molecule has 4 nitrogen and oxygen atoms in total. The lowest BCUT2D eigenvalue weighted by molar-refractivity contribution is 0.0518. The number of hydrogen-bond acceptors (Lipinski definition) is 3. The Kier molecular flexibility index (Phi) is 5.45.